The van der Waals surface area contributed by atoms with Gasteiger partial charge in [-0.05, 0) is 38.1 Å². The molecule has 0 aliphatic carbocycles. The lowest BCUT2D eigenvalue weighted by Crippen LogP contribution is -2.43. The molecule has 3 nitrogen and oxygen atoms in total. The number of rotatable bonds is 2. The topological polar surface area (TPSA) is 45.2 Å². The highest BCUT2D eigenvalue weighted by Gasteiger charge is 2.29. The quantitative estimate of drug-likeness (QED) is 0.761. The summed E-state index contributed by atoms with van der Waals surface area (Å²) in [6.07, 6.45) is 3.16. The van der Waals surface area contributed by atoms with Gasteiger partial charge in [-0.1, -0.05) is 0 Å². The molecule has 1 aromatic rings. The molecule has 0 atom stereocenters. The Morgan fingerprint density at radius 2 is 2.13 bits per heavy atom. The summed E-state index contributed by atoms with van der Waals surface area (Å²) in [4.78, 5) is 3.96. The first kappa shape index (κ1) is 10.5. The van der Waals surface area contributed by atoms with E-state index in [4.69, 9.17) is 0 Å². The summed E-state index contributed by atoms with van der Waals surface area (Å²) >= 11 is 0. The standard InChI is InChI=1S/C11H15FN2O/c12-9-1-2-10(14-8-9)7-11(15)3-5-13-6-4-11/h1-2,8,13,15H,3-7H2. The zero-order chi connectivity index (χ0) is 10.7. The maximum atomic E-state index is 12.6. The Labute approximate surface area is 88.3 Å². The summed E-state index contributed by atoms with van der Waals surface area (Å²) < 4.78 is 12.6. The molecule has 0 radical (unpaired) electrons. The summed E-state index contributed by atoms with van der Waals surface area (Å²) in [6.45, 7) is 1.66. The number of nitrogens with zero attached hydrogens (tertiary/aromatic N) is 1. The van der Waals surface area contributed by atoms with Crippen LogP contribution in [0.5, 0.6) is 0 Å². The van der Waals surface area contributed by atoms with Crippen LogP contribution >= 0.6 is 0 Å². The van der Waals surface area contributed by atoms with Crippen molar-refractivity contribution in [1.82, 2.24) is 10.3 Å². The highest BCUT2D eigenvalue weighted by molar-refractivity contribution is 5.09. The number of aliphatic hydroxyl groups is 1. The molecule has 0 saturated carbocycles. The van der Waals surface area contributed by atoms with Crippen molar-refractivity contribution in [2.75, 3.05) is 13.1 Å². The number of pyridine rings is 1. The maximum absolute atomic E-state index is 12.6. The van der Waals surface area contributed by atoms with Crippen LogP contribution in [0, 0.1) is 5.82 Å². The lowest BCUT2D eigenvalue weighted by molar-refractivity contribution is 0.01000. The Bertz CT molecular complexity index is 320. The monoisotopic (exact) mass is 210 g/mol. The molecule has 2 rings (SSSR count). The number of nitrogens with one attached hydrogen (secondary N) is 1. The van der Waals surface area contributed by atoms with Gasteiger partial charge in [0.2, 0.25) is 0 Å². The van der Waals surface area contributed by atoms with E-state index in [-0.39, 0.29) is 5.82 Å². The van der Waals surface area contributed by atoms with Gasteiger partial charge in [0.25, 0.3) is 0 Å². The summed E-state index contributed by atoms with van der Waals surface area (Å²) in [6, 6.07) is 3.02. The van der Waals surface area contributed by atoms with Crippen molar-refractivity contribution in [3.05, 3.63) is 29.8 Å². The van der Waals surface area contributed by atoms with E-state index in [1.807, 2.05) is 0 Å². The minimum absolute atomic E-state index is 0.337. The molecule has 82 valence electrons. The number of hydrogen-bond donors (Lipinski definition) is 2. The van der Waals surface area contributed by atoms with Gasteiger partial charge >= 0.3 is 0 Å². The van der Waals surface area contributed by atoms with E-state index in [0.717, 1.165) is 31.6 Å². The molecule has 2 heterocycles. The van der Waals surface area contributed by atoms with Gasteiger partial charge in [0.15, 0.2) is 0 Å². The van der Waals surface area contributed by atoms with Crippen LogP contribution in [0.25, 0.3) is 0 Å². The van der Waals surface area contributed by atoms with Crippen molar-refractivity contribution in [3.63, 3.8) is 0 Å². The van der Waals surface area contributed by atoms with Gasteiger partial charge in [-0.3, -0.25) is 4.98 Å². The fraction of sp³-hybridized carbons (Fsp3) is 0.545. The molecule has 2 N–H and O–H groups in total. The predicted molar refractivity (Wildman–Crippen MR) is 55.0 cm³/mol. The highest BCUT2D eigenvalue weighted by atomic mass is 19.1. The summed E-state index contributed by atoms with van der Waals surface area (Å²) in [7, 11) is 0. The third-order valence-corrected chi connectivity index (χ3v) is 2.83. The molecule has 4 heteroatoms. The van der Waals surface area contributed by atoms with Crippen LogP contribution in [-0.4, -0.2) is 28.8 Å². The van der Waals surface area contributed by atoms with Crippen LogP contribution in [0.4, 0.5) is 4.39 Å². The first-order chi connectivity index (χ1) is 7.18. The Balaban J connectivity index is 2.03. The van der Waals surface area contributed by atoms with Gasteiger partial charge < -0.3 is 10.4 Å². The van der Waals surface area contributed by atoms with E-state index in [9.17, 15) is 9.50 Å². The van der Waals surface area contributed by atoms with Crippen molar-refractivity contribution in [2.45, 2.75) is 24.9 Å². The molecule has 0 unspecified atom stereocenters. The van der Waals surface area contributed by atoms with Crippen molar-refractivity contribution in [3.8, 4) is 0 Å². The van der Waals surface area contributed by atoms with Crippen LogP contribution in [0.15, 0.2) is 18.3 Å². The number of piperidine rings is 1. The van der Waals surface area contributed by atoms with E-state index in [1.165, 1.54) is 12.3 Å². The Morgan fingerprint density at radius 1 is 1.40 bits per heavy atom. The van der Waals surface area contributed by atoms with E-state index in [1.54, 1.807) is 6.07 Å². The lowest BCUT2D eigenvalue weighted by atomic mass is 9.88. The maximum Gasteiger partial charge on any atom is 0.141 e. The average Bonchev–Trinajstić information content (AvgIpc) is 2.22. The molecule has 0 bridgehead atoms. The summed E-state index contributed by atoms with van der Waals surface area (Å²) in [5, 5.41) is 13.4. The number of aromatic nitrogens is 1. The molecule has 0 aromatic carbocycles. The third-order valence-electron chi connectivity index (χ3n) is 2.83. The van der Waals surface area contributed by atoms with Crippen molar-refractivity contribution < 1.29 is 9.50 Å². The Kier molecular flexibility index (Phi) is 2.98. The van der Waals surface area contributed by atoms with Crippen LogP contribution in [-0.2, 0) is 6.42 Å². The van der Waals surface area contributed by atoms with Crippen molar-refractivity contribution in [1.29, 1.82) is 0 Å². The van der Waals surface area contributed by atoms with E-state index in [2.05, 4.69) is 10.3 Å². The van der Waals surface area contributed by atoms with Gasteiger partial charge in [0.05, 0.1) is 11.8 Å². The fourth-order valence-electron chi connectivity index (χ4n) is 1.92. The van der Waals surface area contributed by atoms with E-state index >= 15 is 0 Å². The third kappa shape index (κ3) is 2.73. The van der Waals surface area contributed by atoms with Gasteiger partial charge in [0.1, 0.15) is 5.82 Å². The second kappa shape index (κ2) is 4.24. The summed E-state index contributed by atoms with van der Waals surface area (Å²) in [5.41, 5.74) is 0.0802. The van der Waals surface area contributed by atoms with Gasteiger partial charge in [-0.2, -0.15) is 0 Å². The van der Waals surface area contributed by atoms with Gasteiger partial charge in [0, 0.05) is 12.1 Å². The van der Waals surface area contributed by atoms with Gasteiger partial charge in [-0.15, -0.1) is 0 Å². The smallest absolute Gasteiger partial charge is 0.141 e. The zero-order valence-electron chi connectivity index (χ0n) is 8.54. The molecule has 1 fully saturated rings. The predicted octanol–water partition coefficient (Wildman–Crippen LogP) is 0.878. The highest BCUT2D eigenvalue weighted by Crippen LogP contribution is 2.22. The molecule has 1 aliphatic rings. The minimum Gasteiger partial charge on any atom is -0.389 e. The zero-order valence-corrected chi connectivity index (χ0v) is 8.54. The molecule has 1 saturated heterocycles. The molecule has 0 spiro atoms. The van der Waals surface area contributed by atoms with E-state index < -0.39 is 5.60 Å². The molecular formula is C11H15FN2O. The Hall–Kier alpha value is -1.00. The van der Waals surface area contributed by atoms with Crippen molar-refractivity contribution >= 4 is 0 Å². The first-order valence-corrected chi connectivity index (χ1v) is 5.22. The SMILES string of the molecule is OC1(Cc2ccc(F)cn2)CCNCC1. The molecule has 1 aliphatic heterocycles. The largest absolute Gasteiger partial charge is 0.389 e. The fourth-order valence-corrected chi connectivity index (χ4v) is 1.92. The number of hydrogen-bond acceptors (Lipinski definition) is 3. The second-order valence-corrected chi connectivity index (χ2v) is 4.12. The minimum atomic E-state index is -0.671. The second-order valence-electron chi connectivity index (χ2n) is 4.12. The lowest BCUT2D eigenvalue weighted by Gasteiger charge is -2.32. The molecular weight excluding hydrogens is 195 g/mol. The molecule has 15 heavy (non-hydrogen) atoms. The van der Waals surface area contributed by atoms with Gasteiger partial charge in [-0.25, -0.2) is 4.39 Å². The normalized spacial score (nSPS) is 20.1. The van der Waals surface area contributed by atoms with Crippen LogP contribution in [0.3, 0.4) is 0 Å². The van der Waals surface area contributed by atoms with Crippen LogP contribution in [0.2, 0.25) is 0 Å². The van der Waals surface area contributed by atoms with Crippen LogP contribution < -0.4 is 5.32 Å². The summed E-state index contributed by atoms with van der Waals surface area (Å²) in [5.74, 6) is -0.337. The molecule has 0 amide bonds. The number of halogens is 1. The van der Waals surface area contributed by atoms with Crippen LogP contribution in [0.1, 0.15) is 18.5 Å². The van der Waals surface area contributed by atoms with Crippen molar-refractivity contribution in [2.24, 2.45) is 0 Å². The van der Waals surface area contributed by atoms with E-state index in [0.29, 0.717) is 6.42 Å². The molecule has 1 aromatic heterocycles. The Morgan fingerprint density at radius 3 is 2.73 bits per heavy atom. The average molecular weight is 210 g/mol. The first-order valence-electron chi connectivity index (χ1n) is 5.22.